The summed E-state index contributed by atoms with van der Waals surface area (Å²) in [5.74, 6) is 0.631. The summed E-state index contributed by atoms with van der Waals surface area (Å²) in [7, 11) is 0. The standard InChI is InChI=1S/C19H15N3OS/c23-19(16-11-6-12-24-16)22-17(13-7-2-1-3-8-13)18-20-14-9-4-5-10-15(14)21-18/h1-12,17H,(H,20,21)(H,22,23)/t17-/m0/s1. The van der Waals surface area contributed by atoms with Crippen LogP contribution >= 0.6 is 11.3 Å². The summed E-state index contributed by atoms with van der Waals surface area (Å²) in [6.45, 7) is 0. The van der Waals surface area contributed by atoms with Crippen LogP contribution in [0.1, 0.15) is 27.1 Å². The van der Waals surface area contributed by atoms with Crippen molar-refractivity contribution in [3.05, 3.63) is 88.4 Å². The van der Waals surface area contributed by atoms with Crippen LogP contribution in [-0.2, 0) is 0 Å². The summed E-state index contributed by atoms with van der Waals surface area (Å²) in [6, 6.07) is 21.1. The van der Waals surface area contributed by atoms with Crippen LogP contribution in [-0.4, -0.2) is 15.9 Å². The second-order valence-corrected chi connectivity index (χ2v) is 6.38. The molecule has 118 valence electrons. The predicted molar refractivity (Wildman–Crippen MR) is 96.2 cm³/mol. The lowest BCUT2D eigenvalue weighted by atomic mass is 10.1. The molecule has 4 aromatic rings. The lowest BCUT2D eigenvalue weighted by Crippen LogP contribution is -2.29. The number of hydrogen-bond donors (Lipinski definition) is 2. The van der Waals surface area contributed by atoms with E-state index in [9.17, 15) is 4.79 Å². The van der Waals surface area contributed by atoms with Crippen molar-refractivity contribution >= 4 is 28.3 Å². The molecule has 4 rings (SSSR count). The number of amides is 1. The lowest BCUT2D eigenvalue weighted by Gasteiger charge is -2.16. The Labute approximate surface area is 143 Å². The van der Waals surface area contributed by atoms with Crippen molar-refractivity contribution < 1.29 is 4.79 Å². The molecule has 2 aromatic carbocycles. The van der Waals surface area contributed by atoms with Crippen molar-refractivity contribution in [1.82, 2.24) is 15.3 Å². The Balaban J connectivity index is 1.74. The van der Waals surface area contributed by atoms with E-state index in [1.807, 2.05) is 72.1 Å². The number of aromatic nitrogens is 2. The second kappa shape index (κ2) is 6.29. The van der Waals surface area contributed by atoms with Gasteiger partial charge in [0.2, 0.25) is 0 Å². The molecule has 0 spiro atoms. The third-order valence-corrected chi connectivity index (χ3v) is 4.70. The first-order valence-corrected chi connectivity index (χ1v) is 8.53. The van der Waals surface area contributed by atoms with Gasteiger partial charge in [-0.05, 0) is 29.1 Å². The number of nitrogens with one attached hydrogen (secondary N) is 2. The Bertz CT molecular complexity index is 928. The van der Waals surface area contributed by atoms with Gasteiger partial charge >= 0.3 is 0 Å². The van der Waals surface area contributed by atoms with E-state index < -0.39 is 0 Å². The third kappa shape index (κ3) is 2.81. The maximum atomic E-state index is 12.5. The smallest absolute Gasteiger partial charge is 0.262 e. The molecule has 0 saturated heterocycles. The monoisotopic (exact) mass is 333 g/mol. The summed E-state index contributed by atoms with van der Waals surface area (Å²) in [5, 5.41) is 4.99. The van der Waals surface area contributed by atoms with Crippen molar-refractivity contribution in [2.24, 2.45) is 0 Å². The molecule has 0 saturated carbocycles. The summed E-state index contributed by atoms with van der Waals surface area (Å²) in [5.41, 5.74) is 2.83. The predicted octanol–water partition coefficient (Wildman–Crippen LogP) is 4.14. The largest absolute Gasteiger partial charge is 0.340 e. The summed E-state index contributed by atoms with van der Waals surface area (Å²) < 4.78 is 0. The quantitative estimate of drug-likeness (QED) is 0.589. The summed E-state index contributed by atoms with van der Waals surface area (Å²) in [6.07, 6.45) is 0. The minimum Gasteiger partial charge on any atom is -0.340 e. The van der Waals surface area contributed by atoms with Gasteiger partial charge in [0.1, 0.15) is 11.9 Å². The minimum atomic E-state index is -0.326. The number of para-hydroxylation sites is 2. The number of carbonyl (C=O) groups excluding carboxylic acids is 1. The van der Waals surface area contributed by atoms with Crippen molar-refractivity contribution in [1.29, 1.82) is 0 Å². The number of nitrogens with zero attached hydrogens (tertiary/aromatic N) is 1. The summed E-state index contributed by atoms with van der Waals surface area (Å²) in [4.78, 5) is 21.2. The normalized spacial score (nSPS) is 12.2. The van der Waals surface area contributed by atoms with Gasteiger partial charge in [0, 0.05) is 0 Å². The van der Waals surface area contributed by atoms with Crippen LogP contribution in [0, 0.1) is 0 Å². The van der Waals surface area contributed by atoms with Gasteiger partial charge in [-0.1, -0.05) is 48.5 Å². The lowest BCUT2D eigenvalue weighted by molar-refractivity contribution is 0.0946. The fourth-order valence-electron chi connectivity index (χ4n) is 2.67. The number of hydrogen-bond acceptors (Lipinski definition) is 3. The molecule has 0 aliphatic rings. The average Bonchev–Trinajstić information content (AvgIpc) is 3.29. The average molecular weight is 333 g/mol. The highest BCUT2D eigenvalue weighted by Crippen LogP contribution is 2.23. The van der Waals surface area contributed by atoms with Crippen LogP contribution in [0.25, 0.3) is 11.0 Å². The SMILES string of the molecule is O=C(N[C@@H](c1ccccc1)c1nc2ccccc2[nH]1)c1cccs1. The zero-order valence-electron chi connectivity index (χ0n) is 12.8. The topological polar surface area (TPSA) is 57.8 Å². The first-order chi connectivity index (χ1) is 11.8. The van der Waals surface area contributed by atoms with E-state index in [4.69, 9.17) is 0 Å². The van der Waals surface area contributed by atoms with Gasteiger partial charge in [-0.3, -0.25) is 4.79 Å². The first-order valence-electron chi connectivity index (χ1n) is 7.65. The van der Waals surface area contributed by atoms with Gasteiger partial charge in [-0.15, -0.1) is 11.3 Å². The molecular weight excluding hydrogens is 318 g/mol. The number of imidazole rings is 1. The Morgan fingerprint density at radius 2 is 1.79 bits per heavy atom. The Hall–Kier alpha value is -2.92. The van der Waals surface area contributed by atoms with E-state index in [1.54, 1.807) is 0 Å². The van der Waals surface area contributed by atoms with Crippen LogP contribution in [0.5, 0.6) is 0 Å². The molecule has 0 aliphatic carbocycles. The highest BCUT2D eigenvalue weighted by atomic mass is 32.1. The number of fused-ring (bicyclic) bond motifs is 1. The second-order valence-electron chi connectivity index (χ2n) is 5.43. The van der Waals surface area contributed by atoms with E-state index in [0.29, 0.717) is 4.88 Å². The summed E-state index contributed by atoms with van der Waals surface area (Å²) >= 11 is 1.43. The number of thiophene rings is 1. The molecule has 4 nitrogen and oxygen atoms in total. The Kier molecular flexibility index (Phi) is 3.84. The molecule has 2 aromatic heterocycles. The molecule has 0 radical (unpaired) electrons. The Morgan fingerprint density at radius 3 is 2.54 bits per heavy atom. The van der Waals surface area contributed by atoms with Crippen molar-refractivity contribution in [3.63, 3.8) is 0 Å². The van der Waals surface area contributed by atoms with Crippen molar-refractivity contribution in [2.45, 2.75) is 6.04 Å². The van der Waals surface area contributed by atoms with Gasteiger partial charge in [0.15, 0.2) is 0 Å². The maximum absolute atomic E-state index is 12.5. The molecule has 0 fully saturated rings. The number of aromatic amines is 1. The van der Waals surface area contributed by atoms with E-state index in [0.717, 1.165) is 22.4 Å². The fraction of sp³-hybridized carbons (Fsp3) is 0.0526. The van der Waals surface area contributed by atoms with E-state index in [2.05, 4.69) is 15.3 Å². The van der Waals surface area contributed by atoms with Crippen LogP contribution < -0.4 is 5.32 Å². The van der Waals surface area contributed by atoms with Gasteiger partial charge < -0.3 is 10.3 Å². The number of H-pyrrole nitrogens is 1. The highest BCUT2D eigenvalue weighted by Gasteiger charge is 2.21. The molecule has 0 bridgehead atoms. The molecule has 1 atom stereocenters. The molecule has 2 N–H and O–H groups in total. The highest BCUT2D eigenvalue weighted by molar-refractivity contribution is 7.12. The molecular formula is C19H15N3OS. The zero-order valence-corrected chi connectivity index (χ0v) is 13.6. The van der Waals surface area contributed by atoms with Crippen LogP contribution in [0.15, 0.2) is 72.1 Å². The van der Waals surface area contributed by atoms with E-state index in [-0.39, 0.29) is 11.9 Å². The molecule has 0 unspecified atom stereocenters. The molecule has 0 aliphatic heterocycles. The van der Waals surface area contributed by atoms with E-state index in [1.165, 1.54) is 11.3 Å². The van der Waals surface area contributed by atoms with Crippen LogP contribution in [0.3, 0.4) is 0 Å². The molecule has 2 heterocycles. The van der Waals surface area contributed by atoms with Gasteiger partial charge in [-0.2, -0.15) is 0 Å². The first kappa shape index (κ1) is 14.7. The van der Waals surface area contributed by atoms with E-state index >= 15 is 0 Å². The molecule has 1 amide bonds. The van der Waals surface area contributed by atoms with Gasteiger partial charge in [0.25, 0.3) is 5.91 Å². The van der Waals surface area contributed by atoms with Crippen molar-refractivity contribution in [2.75, 3.05) is 0 Å². The third-order valence-electron chi connectivity index (χ3n) is 3.83. The maximum Gasteiger partial charge on any atom is 0.262 e. The minimum absolute atomic E-state index is 0.0979. The number of rotatable bonds is 4. The Morgan fingerprint density at radius 1 is 1.00 bits per heavy atom. The number of carbonyl (C=O) groups is 1. The zero-order chi connectivity index (χ0) is 16.4. The van der Waals surface area contributed by atoms with Gasteiger partial charge in [-0.25, -0.2) is 4.98 Å². The van der Waals surface area contributed by atoms with Crippen molar-refractivity contribution in [3.8, 4) is 0 Å². The fourth-order valence-corrected chi connectivity index (χ4v) is 3.30. The molecule has 24 heavy (non-hydrogen) atoms. The van der Waals surface area contributed by atoms with Crippen LogP contribution in [0.2, 0.25) is 0 Å². The number of benzene rings is 2. The van der Waals surface area contributed by atoms with Crippen LogP contribution in [0.4, 0.5) is 0 Å². The molecule has 5 heteroatoms. The van der Waals surface area contributed by atoms with Gasteiger partial charge in [0.05, 0.1) is 15.9 Å².